The van der Waals surface area contributed by atoms with E-state index in [9.17, 15) is 0 Å². The van der Waals surface area contributed by atoms with E-state index in [1.807, 2.05) is 0 Å². The van der Waals surface area contributed by atoms with E-state index in [0.717, 1.165) is 31.9 Å². The van der Waals surface area contributed by atoms with Gasteiger partial charge in [0.25, 0.3) is 0 Å². The van der Waals surface area contributed by atoms with E-state index in [4.69, 9.17) is 9.97 Å². The van der Waals surface area contributed by atoms with Crippen molar-refractivity contribution in [2.75, 3.05) is 26.7 Å². The zero-order chi connectivity index (χ0) is 18.6. The first-order chi connectivity index (χ1) is 13.2. The van der Waals surface area contributed by atoms with Gasteiger partial charge < -0.3 is 4.90 Å². The predicted molar refractivity (Wildman–Crippen MR) is 110 cm³/mol. The van der Waals surface area contributed by atoms with Crippen LogP contribution in [-0.4, -0.2) is 46.4 Å². The molecular formula is C23H32N4. The predicted octanol–water partition coefficient (Wildman–Crippen LogP) is 4.19. The zero-order valence-electron chi connectivity index (χ0n) is 16.8. The summed E-state index contributed by atoms with van der Waals surface area (Å²) >= 11 is 0. The second-order valence-electron chi connectivity index (χ2n) is 8.34. The van der Waals surface area contributed by atoms with Crippen molar-refractivity contribution in [1.29, 1.82) is 0 Å². The molecule has 4 heteroatoms. The molecule has 2 aliphatic rings. The highest BCUT2D eigenvalue weighted by molar-refractivity contribution is 5.22. The molecule has 0 bridgehead atoms. The Balaban J connectivity index is 1.45. The maximum Gasteiger partial charge on any atom is 0.145 e. The molecule has 144 valence electrons. The molecule has 1 aromatic carbocycles. The van der Waals surface area contributed by atoms with Gasteiger partial charge in [-0.3, -0.25) is 4.90 Å². The number of hydrogen-bond donors (Lipinski definition) is 0. The Hall–Kier alpha value is -1.78. The van der Waals surface area contributed by atoms with Gasteiger partial charge in [-0.25, -0.2) is 9.97 Å². The van der Waals surface area contributed by atoms with Crippen LogP contribution in [0.2, 0.25) is 0 Å². The van der Waals surface area contributed by atoms with Crippen LogP contribution >= 0.6 is 0 Å². The normalized spacial score (nSPS) is 22.4. The molecule has 4 nitrogen and oxygen atoms in total. The highest BCUT2D eigenvalue weighted by atomic mass is 15.2. The monoisotopic (exact) mass is 364 g/mol. The molecule has 1 aromatic heterocycles. The Bertz CT molecular complexity index is 745. The summed E-state index contributed by atoms with van der Waals surface area (Å²) in [6, 6.07) is 11.3. The average molecular weight is 365 g/mol. The number of fused-ring (bicyclic) bond motifs is 1. The Kier molecular flexibility index (Phi) is 5.84. The largest absolute Gasteiger partial charge is 0.302 e. The average Bonchev–Trinajstić information content (AvgIpc) is 2.72. The van der Waals surface area contributed by atoms with Crippen LogP contribution in [0.3, 0.4) is 0 Å². The van der Waals surface area contributed by atoms with Gasteiger partial charge in [-0.15, -0.1) is 0 Å². The lowest BCUT2D eigenvalue weighted by molar-refractivity contribution is 0.137. The Morgan fingerprint density at radius 2 is 2.00 bits per heavy atom. The van der Waals surface area contributed by atoms with Crippen molar-refractivity contribution in [1.82, 2.24) is 19.8 Å². The van der Waals surface area contributed by atoms with Crippen molar-refractivity contribution in [2.24, 2.45) is 0 Å². The fourth-order valence-electron chi connectivity index (χ4n) is 4.49. The molecule has 27 heavy (non-hydrogen) atoms. The van der Waals surface area contributed by atoms with E-state index in [0.29, 0.717) is 12.0 Å². The molecule has 2 aromatic rings. The lowest BCUT2D eigenvalue weighted by Gasteiger charge is -2.36. The van der Waals surface area contributed by atoms with Gasteiger partial charge in [-0.1, -0.05) is 43.7 Å². The molecule has 0 spiro atoms. The molecule has 0 radical (unpaired) electrons. The van der Waals surface area contributed by atoms with Gasteiger partial charge >= 0.3 is 0 Å². The molecule has 2 atom stereocenters. The number of nitrogens with zero attached hydrogens (tertiary/aromatic N) is 4. The maximum atomic E-state index is 5.03. The highest BCUT2D eigenvalue weighted by Crippen LogP contribution is 2.31. The number of likely N-dealkylation sites (N-methyl/N-ethyl adjacent to an activating group) is 1. The molecule has 0 aliphatic carbocycles. The van der Waals surface area contributed by atoms with E-state index in [1.165, 1.54) is 49.0 Å². The summed E-state index contributed by atoms with van der Waals surface area (Å²) < 4.78 is 0. The fraction of sp³-hybridized carbons (Fsp3) is 0.565. The van der Waals surface area contributed by atoms with E-state index in [1.54, 1.807) is 0 Å². The second-order valence-corrected chi connectivity index (χ2v) is 8.34. The van der Waals surface area contributed by atoms with E-state index in [2.05, 4.69) is 60.3 Å². The molecule has 4 rings (SSSR count). The van der Waals surface area contributed by atoms with Crippen molar-refractivity contribution in [3.63, 3.8) is 0 Å². The standard InChI is InChI=1S/C23H32N4/c1-18(19-8-4-3-5-9-19)11-15-27-13-7-6-10-22(27)23-24-16-20-17-26(2)14-12-21(20)25-23/h3-5,8-9,16,18,22H,6-7,10-15,17H2,1-2H3. The lowest BCUT2D eigenvalue weighted by Crippen LogP contribution is -2.36. The third kappa shape index (κ3) is 4.39. The number of benzene rings is 1. The minimum atomic E-state index is 0.395. The quantitative estimate of drug-likeness (QED) is 0.796. The smallest absolute Gasteiger partial charge is 0.145 e. The van der Waals surface area contributed by atoms with Crippen molar-refractivity contribution in [2.45, 2.75) is 57.5 Å². The molecule has 1 fully saturated rings. The van der Waals surface area contributed by atoms with Gasteiger partial charge in [0.05, 0.1) is 6.04 Å². The first-order valence-corrected chi connectivity index (χ1v) is 10.5. The van der Waals surface area contributed by atoms with Crippen LogP contribution in [0.5, 0.6) is 0 Å². The summed E-state index contributed by atoms with van der Waals surface area (Å²) in [5.74, 6) is 1.65. The third-order valence-corrected chi connectivity index (χ3v) is 6.27. The molecule has 0 saturated carbocycles. The Morgan fingerprint density at radius 1 is 1.15 bits per heavy atom. The summed E-state index contributed by atoms with van der Waals surface area (Å²) in [6.07, 6.45) is 8.12. The number of piperidine rings is 1. The number of likely N-dealkylation sites (tertiary alicyclic amines) is 1. The van der Waals surface area contributed by atoms with E-state index < -0.39 is 0 Å². The van der Waals surface area contributed by atoms with Crippen molar-refractivity contribution in [3.05, 3.63) is 59.2 Å². The van der Waals surface area contributed by atoms with E-state index >= 15 is 0 Å². The molecule has 1 saturated heterocycles. The zero-order valence-corrected chi connectivity index (χ0v) is 16.8. The number of aromatic nitrogens is 2. The maximum absolute atomic E-state index is 5.03. The molecule has 3 heterocycles. The van der Waals surface area contributed by atoms with Gasteiger partial charge in [0.2, 0.25) is 0 Å². The van der Waals surface area contributed by atoms with Crippen LogP contribution in [0.4, 0.5) is 0 Å². The first kappa shape index (κ1) is 18.6. The summed E-state index contributed by atoms with van der Waals surface area (Å²) in [5, 5.41) is 0. The minimum Gasteiger partial charge on any atom is -0.302 e. The topological polar surface area (TPSA) is 32.3 Å². The first-order valence-electron chi connectivity index (χ1n) is 10.5. The Labute approximate surface area is 163 Å². The van der Waals surface area contributed by atoms with Crippen molar-refractivity contribution in [3.8, 4) is 0 Å². The van der Waals surface area contributed by atoms with Crippen molar-refractivity contribution < 1.29 is 0 Å². The van der Waals surface area contributed by atoms with Gasteiger partial charge in [0, 0.05) is 37.0 Å². The second kappa shape index (κ2) is 8.49. The molecule has 0 amide bonds. The van der Waals surface area contributed by atoms with Gasteiger partial charge in [-0.05, 0) is 50.9 Å². The number of hydrogen-bond acceptors (Lipinski definition) is 4. The molecule has 2 unspecified atom stereocenters. The van der Waals surface area contributed by atoms with Crippen LogP contribution in [0.1, 0.15) is 67.2 Å². The van der Waals surface area contributed by atoms with Crippen LogP contribution in [0, 0.1) is 0 Å². The van der Waals surface area contributed by atoms with Crippen LogP contribution < -0.4 is 0 Å². The van der Waals surface area contributed by atoms with Gasteiger partial charge in [0.15, 0.2) is 0 Å². The minimum absolute atomic E-state index is 0.395. The summed E-state index contributed by atoms with van der Waals surface area (Å²) in [7, 11) is 2.17. The lowest BCUT2D eigenvalue weighted by atomic mass is 9.95. The third-order valence-electron chi connectivity index (χ3n) is 6.27. The van der Waals surface area contributed by atoms with Crippen LogP contribution in [0.15, 0.2) is 36.5 Å². The fourth-order valence-corrected chi connectivity index (χ4v) is 4.49. The summed E-state index contributed by atoms with van der Waals surface area (Å²) in [6.45, 7) is 6.74. The van der Waals surface area contributed by atoms with Crippen LogP contribution in [0.25, 0.3) is 0 Å². The van der Waals surface area contributed by atoms with Crippen LogP contribution in [-0.2, 0) is 13.0 Å². The summed E-state index contributed by atoms with van der Waals surface area (Å²) in [5.41, 5.74) is 4.04. The van der Waals surface area contributed by atoms with Gasteiger partial charge in [0.1, 0.15) is 5.82 Å². The number of rotatable bonds is 5. The van der Waals surface area contributed by atoms with Gasteiger partial charge in [-0.2, -0.15) is 0 Å². The molecule has 0 N–H and O–H groups in total. The summed E-state index contributed by atoms with van der Waals surface area (Å²) in [4.78, 5) is 14.8. The molecular weight excluding hydrogens is 332 g/mol. The Morgan fingerprint density at radius 3 is 2.85 bits per heavy atom. The SMILES string of the molecule is CC(CCN1CCCCC1c1ncc2c(n1)CCN(C)C2)c1ccccc1. The highest BCUT2D eigenvalue weighted by Gasteiger charge is 2.27. The van der Waals surface area contributed by atoms with Crippen molar-refractivity contribution >= 4 is 0 Å². The molecule has 2 aliphatic heterocycles. The van der Waals surface area contributed by atoms with E-state index in [-0.39, 0.29) is 0 Å².